The molecule has 19 heavy (non-hydrogen) atoms. The van der Waals surface area contributed by atoms with Gasteiger partial charge in [-0.1, -0.05) is 0 Å². The second-order valence-corrected chi connectivity index (χ2v) is 5.49. The largest absolute Gasteiger partial charge is 0.458 e. The van der Waals surface area contributed by atoms with E-state index in [1.54, 1.807) is 23.4 Å². The van der Waals surface area contributed by atoms with Crippen molar-refractivity contribution < 1.29 is 14.3 Å². The van der Waals surface area contributed by atoms with Gasteiger partial charge in [0.15, 0.2) is 0 Å². The van der Waals surface area contributed by atoms with E-state index < -0.39 is 5.60 Å². The summed E-state index contributed by atoms with van der Waals surface area (Å²) in [5.41, 5.74) is -0.474. The number of aromatic nitrogens is 2. The molecule has 6 nitrogen and oxygen atoms in total. The van der Waals surface area contributed by atoms with Gasteiger partial charge in [0.05, 0.1) is 6.54 Å². The second-order valence-electron chi connectivity index (χ2n) is 5.49. The molecular weight excluding hydrogens is 246 g/mol. The van der Waals surface area contributed by atoms with Crippen LogP contribution in [0.3, 0.4) is 0 Å². The SMILES string of the molecule is CC(C)(C)OC(=O)N1CC[C@H](Oc2ncccn2)C1. The minimum Gasteiger partial charge on any atom is -0.458 e. The Balaban J connectivity index is 1.85. The zero-order valence-electron chi connectivity index (χ0n) is 11.5. The first kappa shape index (κ1) is 13.6. The van der Waals surface area contributed by atoms with Crippen LogP contribution >= 0.6 is 0 Å². The van der Waals surface area contributed by atoms with E-state index in [2.05, 4.69) is 9.97 Å². The number of hydrogen-bond acceptors (Lipinski definition) is 5. The molecule has 1 aliphatic heterocycles. The number of carbonyl (C=O) groups excluding carboxylic acids is 1. The number of rotatable bonds is 2. The average molecular weight is 265 g/mol. The lowest BCUT2D eigenvalue weighted by Crippen LogP contribution is -2.36. The van der Waals surface area contributed by atoms with Crippen molar-refractivity contribution in [1.82, 2.24) is 14.9 Å². The Morgan fingerprint density at radius 1 is 1.37 bits per heavy atom. The van der Waals surface area contributed by atoms with Gasteiger partial charge in [-0.2, -0.15) is 0 Å². The third-order valence-corrected chi connectivity index (χ3v) is 2.61. The van der Waals surface area contributed by atoms with Gasteiger partial charge in [-0.3, -0.25) is 0 Å². The topological polar surface area (TPSA) is 64.5 Å². The Bertz CT molecular complexity index is 431. The molecule has 2 heterocycles. The van der Waals surface area contributed by atoms with Crippen LogP contribution in [-0.4, -0.2) is 45.8 Å². The summed E-state index contributed by atoms with van der Waals surface area (Å²) in [6, 6.07) is 2.08. The third-order valence-electron chi connectivity index (χ3n) is 2.61. The van der Waals surface area contributed by atoms with E-state index in [0.717, 1.165) is 6.42 Å². The maximum Gasteiger partial charge on any atom is 0.410 e. The normalized spacial score (nSPS) is 19.3. The highest BCUT2D eigenvalue weighted by atomic mass is 16.6. The minimum atomic E-state index is -0.474. The van der Waals surface area contributed by atoms with Gasteiger partial charge < -0.3 is 14.4 Å². The number of likely N-dealkylation sites (tertiary alicyclic amines) is 1. The van der Waals surface area contributed by atoms with Crippen LogP contribution in [-0.2, 0) is 4.74 Å². The van der Waals surface area contributed by atoms with Crippen LogP contribution in [0, 0.1) is 0 Å². The summed E-state index contributed by atoms with van der Waals surface area (Å²) in [4.78, 5) is 21.5. The summed E-state index contributed by atoms with van der Waals surface area (Å²) in [5, 5.41) is 0. The highest BCUT2D eigenvalue weighted by molar-refractivity contribution is 5.68. The molecule has 6 heteroatoms. The van der Waals surface area contributed by atoms with Crippen molar-refractivity contribution in [3.05, 3.63) is 18.5 Å². The van der Waals surface area contributed by atoms with Crippen LogP contribution in [0.1, 0.15) is 27.2 Å². The lowest BCUT2D eigenvalue weighted by molar-refractivity contribution is 0.0274. The van der Waals surface area contributed by atoms with Crippen LogP contribution in [0.4, 0.5) is 4.79 Å². The lowest BCUT2D eigenvalue weighted by Gasteiger charge is -2.24. The Morgan fingerprint density at radius 3 is 2.68 bits per heavy atom. The number of amides is 1. The van der Waals surface area contributed by atoms with Gasteiger partial charge in [0.25, 0.3) is 0 Å². The molecule has 0 spiro atoms. The number of nitrogens with zero attached hydrogens (tertiary/aromatic N) is 3. The van der Waals surface area contributed by atoms with E-state index in [9.17, 15) is 4.79 Å². The van der Waals surface area contributed by atoms with Gasteiger partial charge in [-0.15, -0.1) is 0 Å². The molecule has 0 aliphatic carbocycles. The number of carbonyl (C=O) groups is 1. The van der Waals surface area contributed by atoms with E-state index in [0.29, 0.717) is 19.1 Å². The summed E-state index contributed by atoms with van der Waals surface area (Å²) in [5.74, 6) is 0. The van der Waals surface area contributed by atoms with Gasteiger partial charge >= 0.3 is 12.1 Å². The van der Waals surface area contributed by atoms with Crippen LogP contribution < -0.4 is 4.74 Å². The Labute approximate surface area is 112 Å². The fraction of sp³-hybridized carbons (Fsp3) is 0.615. The van der Waals surface area contributed by atoms with Crippen LogP contribution in [0.2, 0.25) is 0 Å². The molecule has 1 saturated heterocycles. The fourth-order valence-electron chi connectivity index (χ4n) is 1.81. The summed E-state index contributed by atoms with van der Waals surface area (Å²) in [6.07, 6.45) is 3.64. The summed E-state index contributed by atoms with van der Waals surface area (Å²) < 4.78 is 10.9. The van der Waals surface area contributed by atoms with Crippen molar-refractivity contribution in [2.75, 3.05) is 13.1 Å². The van der Waals surface area contributed by atoms with E-state index in [4.69, 9.17) is 9.47 Å². The van der Waals surface area contributed by atoms with Crippen LogP contribution in [0.15, 0.2) is 18.5 Å². The van der Waals surface area contributed by atoms with Crippen LogP contribution in [0.25, 0.3) is 0 Å². The summed E-state index contributed by atoms with van der Waals surface area (Å²) >= 11 is 0. The van der Waals surface area contributed by atoms with Gasteiger partial charge in [-0.05, 0) is 26.8 Å². The van der Waals surface area contributed by atoms with E-state index in [1.165, 1.54) is 0 Å². The Hall–Kier alpha value is -1.85. The first-order valence-electron chi connectivity index (χ1n) is 6.36. The average Bonchev–Trinajstić information content (AvgIpc) is 2.77. The molecule has 1 aromatic heterocycles. The van der Waals surface area contributed by atoms with Crippen LogP contribution in [0.5, 0.6) is 6.01 Å². The third kappa shape index (κ3) is 4.08. The summed E-state index contributed by atoms with van der Waals surface area (Å²) in [7, 11) is 0. The predicted molar refractivity (Wildman–Crippen MR) is 68.9 cm³/mol. The molecule has 0 bridgehead atoms. The molecular formula is C13H19N3O3. The van der Waals surface area contributed by atoms with Crippen molar-refractivity contribution in [2.45, 2.75) is 38.9 Å². The fourth-order valence-corrected chi connectivity index (χ4v) is 1.81. The standard InChI is InChI=1S/C13H19N3O3/c1-13(2,3)19-12(17)16-8-5-10(9-16)18-11-14-6-4-7-15-11/h4,6-7,10H,5,8-9H2,1-3H3/t10-/m0/s1. The van der Waals surface area contributed by atoms with E-state index in [1.807, 2.05) is 20.8 Å². The van der Waals surface area contributed by atoms with Crippen molar-refractivity contribution in [3.63, 3.8) is 0 Å². The number of hydrogen-bond donors (Lipinski definition) is 0. The second kappa shape index (κ2) is 5.42. The maximum absolute atomic E-state index is 11.9. The molecule has 0 radical (unpaired) electrons. The first-order valence-corrected chi connectivity index (χ1v) is 6.36. The molecule has 0 N–H and O–H groups in total. The first-order chi connectivity index (χ1) is 8.94. The van der Waals surface area contributed by atoms with Crippen molar-refractivity contribution in [1.29, 1.82) is 0 Å². The van der Waals surface area contributed by atoms with Crippen molar-refractivity contribution in [3.8, 4) is 6.01 Å². The molecule has 1 atom stereocenters. The van der Waals surface area contributed by atoms with Crippen molar-refractivity contribution in [2.24, 2.45) is 0 Å². The number of ether oxygens (including phenoxy) is 2. The van der Waals surface area contributed by atoms with Gasteiger partial charge in [0.1, 0.15) is 11.7 Å². The molecule has 0 saturated carbocycles. The highest BCUT2D eigenvalue weighted by Gasteiger charge is 2.31. The smallest absolute Gasteiger partial charge is 0.410 e. The molecule has 0 unspecified atom stereocenters. The molecule has 1 amide bonds. The zero-order chi connectivity index (χ0) is 13.9. The van der Waals surface area contributed by atoms with Gasteiger partial charge in [0.2, 0.25) is 0 Å². The molecule has 1 fully saturated rings. The lowest BCUT2D eigenvalue weighted by atomic mass is 10.2. The zero-order valence-corrected chi connectivity index (χ0v) is 11.5. The Morgan fingerprint density at radius 2 is 2.05 bits per heavy atom. The van der Waals surface area contributed by atoms with E-state index in [-0.39, 0.29) is 12.2 Å². The quantitative estimate of drug-likeness (QED) is 0.816. The molecule has 104 valence electrons. The minimum absolute atomic E-state index is 0.0741. The molecule has 1 aliphatic rings. The summed E-state index contributed by atoms with van der Waals surface area (Å²) in [6.45, 7) is 6.70. The highest BCUT2D eigenvalue weighted by Crippen LogP contribution is 2.17. The molecule has 0 aromatic carbocycles. The van der Waals surface area contributed by atoms with Gasteiger partial charge in [0, 0.05) is 25.4 Å². The van der Waals surface area contributed by atoms with Gasteiger partial charge in [-0.25, -0.2) is 14.8 Å². The molecule has 2 rings (SSSR count). The monoisotopic (exact) mass is 265 g/mol. The van der Waals surface area contributed by atoms with E-state index >= 15 is 0 Å². The van der Waals surface area contributed by atoms with Crippen molar-refractivity contribution >= 4 is 6.09 Å². The predicted octanol–water partition coefficient (Wildman–Crippen LogP) is 1.86. The maximum atomic E-state index is 11.9. The Kier molecular flexibility index (Phi) is 3.87. The molecule has 1 aromatic rings.